The average molecular weight is 290 g/mol. The van der Waals surface area contributed by atoms with E-state index < -0.39 is 0 Å². The van der Waals surface area contributed by atoms with Crippen molar-refractivity contribution in [3.63, 3.8) is 0 Å². The number of amides is 1. The van der Waals surface area contributed by atoms with E-state index in [1.54, 1.807) is 0 Å². The number of para-hydroxylation sites is 1. The van der Waals surface area contributed by atoms with E-state index in [1.165, 1.54) is 0 Å². The van der Waals surface area contributed by atoms with Crippen molar-refractivity contribution in [3.05, 3.63) is 29.8 Å². The number of aryl methyl sites for hydroxylation is 1. The molecule has 0 aliphatic heterocycles. The predicted octanol–water partition coefficient (Wildman–Crippen LogP) is 3.75. The fraction of sp³-hybridized carbons (Fsp3) is 0.611. The second-order valence-corrected chi connectivity index (χ2v) is 6.04. The Balaban J connectivity index is 2.70. The van der Waals surface area contributed by atoms with Crippen LogP contribution in [0.5, 0.6) is 0 Å². The van der Waals surface area contributed by atoms with Crippen molar-refractivity contribution in [2.75, 3.05) is 18.0 Å². The number of carbonyl (C=O) groups is 1. The molecule has 0 bridgehead atoms. The maximum Gasteiger partial charge on any atom is 0.226 e. The molecule has 1 atom stereocenters. The van der Waals surface area contributed by atoms with E-state index in [0.717, 1.165) is 24.1 Å². The zero-order valence-corrected chi connectivity index (χ0v) is 13.9. The molecule has 0 saturated heterocycles. The minimum atomic E-state index is 0.217. The summed E-state index contributed by atoms with van der Waals surface area (Å²) in [5.74, 6) is 1.33. The van der Waals surface area contributed by atoms with E-state index in [1.807, 2.05) is 30.0 Å². The third-order valence-corrected chi connectivity index (χ3v) is 4.23. The second kappa shape index (κ2) is 8.83. The van der Waals surface area contributed by atoms with E-state index in [0.29, 0.717) is 31.3 Å². The highest BCUT2D eigenvalue weighted by molar-refractivity contribution is 5.94. The quantitative estimate of drug-likeness (QED) is 0.792. The lowest BCUT2D eigenvalue weighted by atomic mass is 9.88. The maximum absolute atomic E-state index is 12.6. The van der Waals surface area contributed by atoms with Crippen LogP contribution in [0.3, 0.4) is 0 Å². The minimum absolute atomic E-state index is 0.217. The molecule has 1 amide bonds. The number of nitrogens with zero attached hydrogens (tertiary/aromatic N) is 1. The van der Waals surface area contributed by atoms with Crippen LogP contribution in [0.25, 0.3) is 0 Å². The summed E-state index contributed by atoms with van der Waals surface area (Å²) in [6.45, 7) is 9.92. The van der Waals surface area contributed by atoms with Crippen molar-refractivity contribution in [1.82, 2.24) is 0 Å². The van der Waals surface area contributed by atoms with Gasteiger partial charge in [-0.15, -0.1) is 0 Å². The number of anilines is 1. The van der Waals surface area contributed by atoms with E-state index in [2.05, 4.69) is 26.8 Å². The Morgan fingerprint density at radius 1 is 1.24 bits per heavy atom. The van der Waals surface area contributed by atoms with Gasteiger partial charge in [-0.05, 0) is 56.7 Å². The fourth-order valence-corrected chi connectivity index (χ4v) is 2.82. The lowest BCUT2D eigenvalue weighted by Gasteiger charge is -2.25. The molecule has 0 aliphatic rings. The summed E-state index contributed by atoms with van der Waals surface area (Å²) in [6, 6.07) is 8.07. The smallest absolute Gasteiger partial charge is 0.226 e. The van der Waals surface area contributed by atoms with E-state index in [-0.39, 0.29) is 5.91 Å². The van der Waals surface area contributed by atoms with Crippen LogP contribution in [0.15, 0.2) is 24.3 Å². The summed E-state index contributed by atoms with van der Waals surface area (Å²) < 4.78 is 0. The van der Waals surface area contributed by atoms with Gasteiger partial charge in [0.05, 0.1) is 0 Å². The molecule has 0 fully saturated rings. The van der Waals surface area contributed by atoms with Gasteiger partial charge in [0.2, 0.25) is 5.91 Å². The van der Waals surface area contributed by atoms with Gasteiger partial charge in [-0.2, -0.15) is 0 Å². The molecule has 0 aliphatic carbocycles. The van der Waals surface area contributed by atoms with E-state index in [4.69, 9.17) is 5.73 Å². The highest BCUT2D eigenvalue weighted by Crippen LogP contribution is 2.24. The van der Waals surface area contributed by atoms with Crippen LogP contribution in [0, 0.1) is 18.8 Å². The largest absolute Gasteiger partial charge is 0.330 e. The van der Waals surface area contributed by atoms with Crippen molar-refractivity contribution in [1.29, 1.82) is 0 Å². The molecule has 0 aromatic heterocycles. The third-order valence-electron chi connectivity index (χ3n) is 4.23. The number of carbonyl (C=O) groups excluding carboxylic acids is 1. The van der Waals surface area contributed by atoms with Crippen molar-refractivity contribution in [2.24, 2.45) is 17.6 Å². The normalized spacial score (nSPS) is 12.5. The monoisotopic (exact) mass is 290 g/mol. The van der Waals surface area contributed by atoms with Crippen LogP contribution in [0.1, 0.15) is 45.6 Å². The molecular weight excluding hydrogens is 260 g/mol. The second-order valence-electron chi connectivity index (χ2n) is 6.04. The number of hydrogen-bond donors (Lipinski definition) is 1. The molecule has 0 saturated carbocycles. The first-order chi connectivity index (χ1) is 10.0. The molecular formula is C18H30N2O. The first-order valence-corrected chi connectivity index (χ1v) is 8.07. The van der Waals surface area contributed by atoms with Crippen LogP contribution in [-0.2, 0) is 4.79 Å². The average Bonchev–Trinajstić information content (AvgIpc) is 2.45. The Kier molecular flexibility index (Phi) is 7.44. The van der Waals surface area contributed by atoms with Gasteiger partial charge in [-0.1, -0.05) is 32.0 Å². The first kappa shape index (κ1) is 17.7. The van der Waals surface area contributed by atoms with Crippen LogP contribution in [0.2, 0.25) is 0 Å². The Hall–Kier alpha value is -1.35. The summed E-state index contributed by atoms with van der Waals surface area (Å²) in [5, 5.41) is 0. The molecule has 2 N–H and O–H groups in total. The molecule has 1 aromatic rings. The summed E-state index contributed by atoms with van der Waals surface area (Å²) >= 11 is 0. The Bertz CT molecular complexity index is 443. The van der Waals surface area contributed by atoms with Gasteiger partial charge in [0.15, 0.2) is 0 Å². The van der Waals surface area contributed by atoms with Crippen molar-refractivity contribution in [2.45, 2.75) is 47.0 Å². The van der Waals surface area contributed by atoms with Crippen LogP contribution < -0.4 is 10.6 Å². The topological polar surface area (TPSA) is 46.3 Å². The maximum atomic E-state index is 12.6. The Labute approximate surface area is 129 Å². The molecule has 0 heterocycles. The first-order valence-electron chi connectivity index (χ1n) is 8.07. The predicted molar refractivity (Wildman–Crippen MR) is 90.4 cm³/mol. The SMILES string of the molecule is CCN(C(=O)CCC(CCN)C(C)C)c1ccccc1C. The van der Waals surface area contributed by atoms with Crippen molar-refractivity contribution < 1.29 is 4.79 Å². The molecule has 21 heavy (non-hydrogen) atoms. The van der Waals surface area contributed by atoms with E-state index in [9.17, 15) is 4.79 Å². The summed E-state index contributed by atoms with van der Waals surface area (Å²) in [5.41, 5.74) is 7.86. The van der Waals surface area contributed by atoms with Gasteiger partial charge in [-0.3, -0.25) is 4.79 Å². The van der Waals surface area contributed by atoms with Crippen LogP contribution in [0.4, 0.5) is 5.69 Å². The highest BCUT2D eigenvalue weighted by Gasteiger charge is 2.19. The Morgan fingerprint density at radius 3 is 2.43 bits per heavy atom. The molecule has 1 rings (SSSR count). The summed E-state index contributed by atoms with van der Waals surface area (Å²) in [7, 11) is 0. The molecule has 0 spiro atoms. The van der Waals surface area contributed by atoms with Gasteiger partial charge >= 0.3 is 0 Å². The van der Waals surface area contributed by atoms with Crippen LogP contribution in [-0.4, -0.2) is 19.0 Å². The molecule has 0 radical (unpaired) electrons. The van der Waals surface area contributed by atoms with Gasteiger partial charge in [0, 0.05) is 18.7 Å². The van der Waals surface area contributed by atoms with Gasteiger partial charge in [-0.25, -0.2) is 0 Å². The molecule has 1 unspecified atom stereocenters. The minimum Gasteiger partial charge on any atom is -0.330 e. The van der Waals surface area contributed by atoms with Crippen molar-refractivity contribution in [3.8, 4) is 0 Å². The number of rotatable bonds is 8. The number of benzene rings is 1. The Morgan fingerprint density at radius 2 is 1.90 bits per heavy atom. The lowest BCUT2D eigenvalue weighted by Crippen LogP contribution is -2.31. The molecule has 3 nitrogen and oxygen atoms in total. The molecule has 3 heteroatoms. The lowest BCUT2D eigenvalue weighted by molar-refractivity contribution is -0.118. The standard InChI is InChI=1S/C18H30N2O/c1-5-20(17-9-7-6-8-15(17)4)18(21)11-10-16(12-13-19)14(2)3/h6-9,14,16H,5,10-13,19H2,1-4H3. The van der Waals surface area contributed by atoms with Gasteiger partial charge in [0.1, 0.15) is 0 Å². The van der Waals surface area contributed by atoms with Gasteiger partial charge in [0.25, 0.3) is 0 Å². The molecule has 118 valence electrons. The zero-order chi connectivity index (χ0) is 15.8. The highest BCUT2D eigenvalue weighted by atomic mass is 16.2. The number of nitrogens with two attached hydrogens (primary N) is 1. The third kappa shape index (κ3) is 5.16. The van der Waals surface area contributed by atoms with Gasteiger partial charge < -0.3 is 10.6 Å². The zero-order valence-electron chi connectivity index (χ0n) is 13.9. The fourth-order valence-electron chi connectivity index (χ4n) is 2.82. The molecule has 1 aromatic carbocycles. The van der Waals surface area contributed by atoms with E-state index >= 15 is 0 Å². The van der Waals surface area contributed by atoms with Crippen LogP contribution >= 0.6 is 0 Å². The summed E-state index contributed by atoms with van der Waals surface area (Å²) in [6.07, 6.45) is 2.53. The number of hydrogen-bond acceptors (Lipinski definition) is 2. The van der Waals surface area contributed by atoms with Crippen molar-refractivity contribution >= 4 is 11.6 Å². The summed E-state index contributed by atoms with van der Waals surface area (Å²) in [4.78, 5) is 14.5.